The molecule has 62 valence electrons. The highest BCUT2D eigenvalue weighted by molar-refractivity contribution is 7.94. The van der Waals surface area contributed by atoms with Crippen molar-refractivity contribution in [3.8, 4) is 6.07 Å². The van der Waals surface area contributed by atoms with Crippen molar-refractivity contribution in [1.82, 2.24) is 0 Å². The molecular formula is C7H2F3NS. The molecular weight excluding hydrogens is 187 g/mol. The predicted octanol–water partition coefficient (Wildman–Crippen LogP) is 2.81. The highest BCUT2D eigenvalue weighted by Gasteiger charge is 2.13. The van der Waals surface area contributed by atoms with E-state index in [4.69, 9.17) is 5.26 Å². The topological polar surface area (TPSA) is 23.8 Å². The lowest BCUT2D eigenvalue weighted by Gasteiger charge is -1.98. The van der Waals surface area contributed by atoms with E-state index in [2.05, 4.69) is 0 Å². The maximum absolute atomic E-state index is 12.8. The summed E-state index contributed by atoms with van der Waals surface area (Å²) in [6.45, 7) is 0. The van der Waals surface area contributed by atoms with Crippen LogP contribution in [0.2, 0.25) is 0 Å². The number of hydrogen-bond donors (Lipinski definition) is 0. The molecule has 0 unspecified atom stereocenters. The van der Waals surface area contributed by atoms with Crippen LogP contribution >= 0.6 is 12.1 Å². The fraction of sp³-hybridized carbons (Fsp3) is 0. The predicted molar refractivity (Wildman–Crippen MR) is 38.0 cm³/mol. The van der Waals surface area contributed by atoms with Gasteiger partial charge in [0.25, 0.3) is 0 Å². The Balaban J connectivity index is 3.36. The van der Waals surface area contributed by atoms with Gasteiger partial charge in [0.05, 0.1) is 17.0 Å². The summed E-state index contributed by atoms with van der Waals surface area (Å²) in [5.74, 6) is -2.13. The van der Waals surface area contributed by atoms with Gasteiger partial charge in [0.1, 0.15) is 17.4 Å². The number of hydrogen-bond acceptors (Lipinski definition) is 2. The van der Waals surface area contributed by atoms with E-state index in [0.29, 0.717) is 0 Å². The number of nitrogens with zero attached hydrogens (tertiary/aromatic N) is 1. The van der Waals surface area contributed by atoms with Crippen molar-refractivity contribution in [3.05, 3.63) is 29.3 Å². The fourth-order valence-electron chi connectivity index (χ4n) is 0.695. The Morgan fingerprint density at radius 1 is 1.33 bits per heavy atom. The van der Waals surface area contributed by atoms with E-state index >= 15 is 0 Å². The first-order chi connectivity index (χ1) is 5.70. The highest BCUT2D eigenvalue weighted by Crippen LogP contribution is 2.25. The summed E-state index contributed by atoms with van der Waals surface area (Å²) in [6, 6.07) is 3.10. The largest absolute Gasteiger partial charge is 0.205 e. The van der Waals surface area contributed by atoms with E-state index < -0.39 is 17.2 Å². The molecule has 0 saturated heterocycles. The minimum Gasteiger partial charge on any atom is -0.205 e. The molecule has 0 spiro atoms. The zero-order valence-electron chi connectivity index (χ0n) is 5.64. The normalized spacial score (nSPS) is 9.50. The zero-order chi connectivity index (χ0) is 9.14. The third-order valence-corrected chi connectivity index (χ3v) is 1.73. The van der Waals surface area contributed by atoms with Crippen LogP contribution in [0.5, 0.6) is 0 Å². The van der Waals surface area contributed by atoms with E-state index in [1.807, 2.05) is 0 Å². The summed E-state index contributed by atoms with van der Waals surface area (Å²) in [5.41, 5.74) is -0.752. The third kappa shape index (κ3) is 1.38. The molecule has 1 aromatic rings. The summed E-state index contributed by atoms with van der Waals surface area (Å²) < 4.78 is 37.3. The average Bonchev–Trinajstić information content (AvgIpc) is 2.06. The molecule has 0 saturated carbocycles. The quantitative estimate of drug-likeness (QED) is 0.678. The summed E-state index contributed by atoms with van der Waals surface area (Å²) in [4.78, 5) is -0.382. The maximum Gasteiger partial charge on any atom is 0.160 e. The Morgan fingerprint density at radius 2 is 2.00 bits per heavy atom. The van der Waals surface area contributed by atoms with Gasteiger partial charge in [-0.2, -0.15) is 9.15 Å². The van der Waals surface area contributed by atoms with Gasteiger partial charge in [0.15, 0.2) is 5.82 Å². The number of benzene rings is 1. The van der Waals surface area contributed by atoms with Crippen molar-refractivity contribution in [2.24, 2.45) is 0 Å². The molecule has 0 N–H and O–H groups in total. The molecule has 12 heavy (non-hydrogen) atoms. The van der Waals surface area contributed by atoms with Gasteiger partial charge in [-0.1, -0.05) is 0 Å². The van der Waals surface area contributed by atoms with Crippen LogP contribution in [0.15, 0.2) is 17.0 Å². The van der Waals surface area contributed by atoms with Crippen molar-refractivity contribution in [2.75, 3.05) is 0 Å². The van der Waals surface area contributed by atoms with Crippen LogP contribution < -0.4 is 0 Å². The van der Waals surface area contributed by atoms with Gasteiger partial charge in [0, 0.05) is 0 Å². The molecule has 0 atom stereocenters. The first-order valence-electron chi connectivity index (χ1n) is 2.87. The van der Waals surface area contributed by atoms with Crippen LogP contribution in [0.1, 0.15) is 5.56 Å². The summed E-state index contributed by atoms with van der Waals surface area (Å²) >= 11 is -0.359. The van der Waals surface area contributed by atoms with Crippen LogP contribution in [0, 0.1) is 23.0 Å². The fourth-order valence-corrected chi connectivity index (χ4v) is 0.985. The second-order valence-electron chi connectivity index (χ2n) is 1.92. The van der Waals surface area contributed by atoms with Crippen LogP contribution in [0.4, 0.5) is 12.7 Å². The van der Waals surface area contributed by atoms with Crippen molar-refractivity contribution in [3.63, 3.8) is 0 Å². The van der Waals surface area contributed by atoms with Crippen LogP contribution in [0.25, 0.3) is 0 Å². The second-order valence-corrected chi connectivity index (χ2v) is 2.52. The lowest BCUT2D eigenvalue weighted by Crippen LogP contribution is -1.91. The number of halogens is 3. The first-order valence-corrected chi connectivity index (χ1v) is 3.59. The molecule has 0 aliphatic rings. The summed E-state index contributed by atoms with van der Waals surface area (Å²) in [7, 11) is 0. The maximum atomic E-state index is 12.8. The molecule has 1 nitrogen and oxygen atoms in total. The Kier molecular flexibility index (Phi) is 2.61. The number of rotatable bonds is 1. The molecule has 0 aliphatic heterocycles. The lowest BCUT2D eigenvalue weighted by atomic mass is 10.2. The minimum atomic E-state index is -1.15. The van der Waals surface area contributed by atoms with E-state index in [9.17, 15) is 12.7 Å². The van der Waals surface area contributed by atoms with E-state index in [1.54, 1.807) is 0 Å². The van der Waals surface area contributed by atoms with Gasteiger partial charge >= 0.3 is 0 Å². The van der Waals surface area contributed by atoms with Gasteiger partial charge in [-0.25, -0.2) is 8.78 Å². The van der Waals surface area contributed by atoms with Crippen molar-refractivity contribution < 1.29 is 12.7 Å². The monoisotopic (exact) mass is 189 g/mol. The molecule has 0 heterocycles. The molecule has 0 aromatic heterocycles. The Morgan fingerprint density at radius 3 is 2.50 bits per heavy atom. The first kappa shape index (κ1) is 8.94. The Bertz CT molecular complexity index is 345. The van der Waals surface area contributed by atoms with Crippen molar-refractivity contribution in [2.45, 2.75) is 4.90 Å². The molecule has 0 fully saturated rings. The Labute approximate surface area is 71.1 Å². The highest BCUT2D eigenvalue weighted by atomic mass is 32.2. The molecule has 0 aliphatic carbocycles. The van der Waals surface area contributed by atoms with Gasteiger partial charge < -0.3 is 0 Å². The van der Waals surface area contributed by atoms with Gasteiger partial charge in [-0.15, -0.1) is 0 Å². The molecule has 1 rings (SSSR count). The van der Waals surface area contributed by atoms with E-state index in [0.717, 1.165) is 12.1 Å². The van der Waals surface area contributed by atoms with Crippen LogP contribution in [-0.4, -0.2) is 0 Å². The summed E-state index contributed by atoms with van der Waals surface area (Å²) in [5, 5.41) is 8.26. The summed E-state index contributed by atoms with van der Waals surface area (Å²) in [6.07, 6.45) is 0. The van der Waals surface area contributed by atoms with Crippen LogP contribution in [0.3, 0.4) is 0 Å². The third-order valence-electron chi connectivity index (χ3n) is 1.25. The van der Waals surface area contributed by atoms with Crippen molar-refractivity contribution in [1.29, 1.82) is 5.26 Å². The molecule has 0 radical (unpaired) electrons. The smallest absolute Gasteiger partial charge is 0.160 e. The molecule has 0 bridgehead atoms. The lowest BCUT2D eigenvalue weighted by molar-refractivity contribution is 0.558. The standard InChI is InChI=1S/C7H2F3NS/c8-5-1-2-6(12-10)7(9)4(5)3-11/h1-2H. The second kappa shape index (κ2) is 3.50. The zero-order valence-corrected chi connectivity index (χ0v) is 6.46. The molecule has 5 heteroatoms. The molecule has 1 aromatic carbocycles. The van der Waals surface area contributed by atoms with Gasteiger partial charge in [0.2, 0.25) is 0 Å². The number of nitriles is 1. The van der Waals surface area contributed by atoms with Gasteiger partial charge in [-0.3, -0.25) is 0 Å². The van der Waals surface area contributed by atoms with Crippen molar-refractivity contribution >= 4 is 12.1 Å². The van der Waals surface area contributed by atoms with E-state index in [-0.39, 0.29) is 17.0 Å². The van der Waals surface area contributed by atoms with Crippen LogP contribution in [-0.2, 0) is 0 Å². The SMILES string of the molecule is N#Cc1c(F)ccc(SF)c1F. The minimum absolute atomic E-state index is 0.359. The van der Waals surface area contributed by atoms with E-state index in [1.165, 1.54) is 6.07 Å². The molecule has 0 amide bonds. The Hall–Kier alpha value is -1.15. The van der Waals surface area contributed by atoms with Gasteiger partial charge in [-0.05, 0) is 12.1 Å². The average molecular weight is 189 g/mol.